The van der Waals surface area contributed by atoms with Gasteiger partial charge in [-0.25, -0.2) is 8.42 Å². The Morgan fingerprint density at radius 2 is 1.77 bits per heavy atom. The highest BCUT2D eigenvalue weighted by atomic mass is 35.5. The summed E-state index contributed by atoms with van der Waals surface area (Å²) >= 11 is 5.99. The maximum atomic E-state index is 12.6. The molecule has 22 heavy (non-hydrogen) atoms. The first kappa shape index (κ1) is 16.3. The molecule has 2 aromatic carbocycles. The molecule has 0 heterocycles. The number of sulfonamides is 1. The van der Waals surface area contributed by atoms with Crippen LogP contribution < -0.4 is 10.5 Å². The second kappa shape index (κ2) is 5.98. The van der Waals surface area contributed by atoms with E-state index >= 15 is 0 Å². The molecule has 0 spiro atoms. The molecule has 0 saturated heterocycles. The number of hydrogen-bond donors (Lipinski definition) is 2. The lowest BCUT2D eigenvalue weighted by atomic mass is 10.2. The van der Waals surface area contributed by atoms with Crippen LogP contribution in [0, 0.1) is 13.8 Å². The van der Waals surface area contributed by atoms with E-state index in [4.69, 9.17) is 17.3 Å². The van der Waals surface area contributed by atoms with E-state index < -0.39 is 15.9 Å². The molecule has 1 amide bonds. The van der Waals surface area contributed by atoms with Crippen LogP contribution in [0.5, 0.6) is 0 Å². The molecule has 2 aromatic rings. The summed E-state index contributed by atoms with van der Waals surface area (Å²) in [5, 5.41) is 0.494. The number of hydrogen-bond acceptors (Lipinski definition) is 3. The Hall–Kier alpha value is -2.05. The molecule has 0 aliphatic carbocycles. The molecule has 0 bridgehead atoms. The van der Waals surface area contributed by atoms with Gasteiger partial charge in [0.25, 0.3) is 15.9 Å². The Morgan fingerprint density at radius 1 is 1.14 bits per heavy atom. The van der Waals surface area contributed by atoms with Gasteiger partial charge < -0.3 is 5.73 Å². The molecule has 0 aromatic heterocycles. The molecule has 0 aliphatic rings. The maximum absolute atomic E-state index is 12.6. The van der Waals surface area contributed by atoms with Gasteiger partial charge >= 0.3 is 0 Å². The fraction of sp³-hybridized carbons (Fsp3) is 0.133. The first-order chi connectivity index (χ1) is 10.2. The van der Waals surface area contributed by atoms with Crippen molar-refractivity contribution in [3.63, 3.8) is 0 Å². The number of anilines is 1. The summed E-state index contributed by atoms with van der Waals surface area (Å²) in [6.45, 7) is 3.37. The van der Waals surface area contributed by atoms with Gasteiger partial charge in [-0.3, -0.25) is 9.52 Å². The minimum absolute atomic E-state index is 0.105. The van der Waals surface area contributed by atoms with Gasteiger partial charge in [0.05, 0.1) is 16.1 Å². The van der Waals surface area contributed by atoms with Crippen LogP contribution in [0.1, 0.15) is 21.5 Å². The van der Waals surface area contributed by atoms with Crippen LogP contribution in [0.25, 0.3) is 0 Å². The molecule has 3 N–H and O–H groups in total. The normalized spacial score (nSPS) is 11.2. The number of para-hydroxylation sites is 1. The van der Waals surface area contributed by atoms with Crippen LogP contribution in [0.3, 0.4) is 0 Å². The van der Waals surface area contributed by atoms with E-state index in [-0.39, 0.29) is 16.1 Å². The minimum Gasteiger partial charge on any atom is -0.366 e. The summed E-state index contributed by atoms with van der Waals surface area (Å²) in [5.41, 5.74) is 6.66. The van der Waals surface area contributed by atoms with E-state index in [9.17, 15) is 13.2 Å². The van der Waals surface area contributed by atoms with Crippen LogP contribution in [0.2, 0.25) is 5.02 Å². The molecule has 0 radical (unpaired) electrons. The smallest absolute Gasteiger partial charge is 0.262 e. The summed E-state index contributed by atoms with van der Waals surface area (Å²) in [6, 6.07) is 9.24. The number of nitrogens with two attached hydrogens (primary N) is 1. The Labute approximate surface area is 134 Å². The maximum Gasteiger partial charge on any atom is 0.262 e. The molecule has 0 fully saturated rings. The molecule has 7 heteroatoms. The zero-order valence-corrected chi connectivity index (χ0v) is 13.6. The zero-order valence-electron chi connectivity index (χ0n) is 12.1. The highest BCUT2D eigenvalue weighted by Crippen LogP contribution is 2.26. The second-order valence-corrected chi connectivity index (χ2v) is 6.94. The van der Waals surface area contributed by atoms with Gasteiger partial charge in [-0.2, -0.15) is 0 Å². The lowest BCUT2D eigenvalue weighted by molar-refractivity contribution is 0.100. The summed E-state index contributed by atoms with van der Waals surface area (Å²) in [7, 11) is -3.86. The number of primary amides is 1. The Morgan fingerprint density at radius 3 is 2.41 bits per heavy atom. The molecule has 2 rings (SSSR count). The predicted octanol–water partition coefficient (Wildman–Crippen LogP) is 2.86. The van der Waals surface area contributed by atoms with Crippen LogP contribution in [0.15, 0.2) is 41.3 Å². The van der Waals surface area contributed by atoms with Gasteiger partial charge in [0.2, 0.25) is 0 Å². The predicted molar refractivity (Wildman–Crippen MR) is 86.7 cm³/mol. The Bertz CT molecular complexity index is 848. The van der Waals surface area contributed by atoms with Crippen molar-refractivity contribution >= 4 is 33.2 Å². The van der Waals surface area contributed by atoms with Crippen molar-refractivity contribution in [2.45, 2.75) is 18.7 Å². The van der Waals surface area contributed by atoms with Gasteiger partial charge in [-0.05, 0) is 49.2 Å². The third-order valence-corrected chi connectivity index (χ3v) is 5.10. The molecule has 0 aliphatic heterocycles. The number of carbonyl (C=O) groups excluding carboxylic acids is 1. The molecule has 0 atom stereocenters. The fourth-order valence-electron chi connectivity index (χ4n) is 2.03. The third-order valence-electron chi connectivity index (χ3n) is 3.18. The quantitative estimate of drug-likeness (QED) is 0.898. The summed E-state index contributed by atoms with van der Waals surface area (Å²) in [5.74, 6) is -0.706. The van der Waals surface area contributed by atoms with Crippen molar-refractivity contribution in [2.75, 3.05) is 4.72 Å². The monoisotopic (exact) mass is 338 g/mol. The van der Waals surface area contributed by atoms with Crippen LogP contribution in [0.4, 0.5) is 5.69 Å². The van der Waals surface area contributed by atoms with Gasteiger partial charge in [-0.15, -0.1) is 0 Å². The van der Waals surface area contributed by atoms with Crippen molar-refractivity contribution in [3.05, 3.63) is 58.1 Å². The van der Waals surface area contributed by atoms with E-state index in [1.807, 2.05) is 0 Å². The van der Waals surface area contributed by atoms with Gasteiger partial charge in [0, 0.05) is 5.02 Å². The highest BCUT2D eigenvalue weighted by Gasteiger charge is 2.20. The average Bonchev–Trinajstić information content (AvgIpc) is 2.42. The third kappa shape index (κ3) is 3.23. The number of carbonyl (C=O) groups is 1. The van der Waals surface area contributed by atoms with E-state index in [0.717, 1.165) is 0 Å². The van der Waals surface area contributed by atoms with Crippen LogP contribution in [-0.2, 0) is 10.0 Å². The number of halogens is 1. The lowest BCUT2D eigenvalue weighted by Gasteiger charge is -2.13. The molecule has 0 unspecified atom stereocenters. The number of benzene rings is 2. The van der Waals surface area contributed by atoms with E-state index in [1.54, 1.807) is 32.0 Å². The SMILES string of the molecule is Cc1cc(S(=O)(=O)Nc2ccccc2C(N)=O)c(C)cc1Cl. The first-order valence-electron chi connectivity index (χ1n) is 6.41. The van der Waals surface area contributed by atoms with Gasteiger partial charge in [0.1, 0.15) is 0 Å². The zero-order chi connectivity index (χ0) is 16.5. The van der Waals surface area contributed by atoms with Crippen molar-refractivity contribution in [2.24, 2.45) is 5.73 Å². The lowest BCUT2D eigenvalue weighted by Crippen LogP contribution is -2.19. The number of nitrogens with one attached hydrogen (secondary N) is 1. The summed E-state index contributed by atoms with van der Waals surface area (Å²) < 4.78 is 27.5. The second-order valence-electron chi connectivity index (χ2n) is 4.88. The minimum atomic E-state index is -3.86. The molecular weight excluding hydrogens is 324 g/mol. The first-order valence-corrected chi connectivity index (χ1v) is 8.27. The van der Waals surface area contributed by atoms with Crippen molar-refractivity contribution in [1.29, 1.82) is 0 Å². The Kier molecular flexibility index (Phi) is 4.44. The average molecular weight is 339 g/mol. The molecule has 5 nitrogen and oxygen atoms in total. The Balaban J connectivity index is 2.50. The standard InChI is InChI=1S/C15H15ClN2O3S/c1-9-8-14(10(2)7-12(9)16)22(20,21)18-13-6-4-3-5-11(13)15(17)19/h3-8,18H,1-2H3,(H2,17,19). The van der Waals surface area contributed by atoms with E-state index in [0.29, 0.717) is 16.1 Å². The van der Waals surface area contributed by atoms with E-state index in [2.05, 4.69) is 4.72 Å². The summed E-state index contributed by atoms with van der Waals surface area (Å²) in [6.07, 6.45) is 0. The highest BCUT2D eigenvalue weighted by molar-refractivity contribution is 7.92. The van der Waals surface area contributed by atoms with Gasteiger partial charge in [-0.1, -0.05) is 23.7 Å². The summed E-state index contributed by atoms with van der Waals surface area (Å²) in [4.78, 5) is 11.5. The van der Waals surface area contributed by atoms with Crippen molar-refractivity contribution < 1.29 is 13.2 Å². The van der Waals surface area contributed by atoms with Crippen molar-refractivity contribution in [3.8, 4) is 0 Å². The topological polar surface area (TPSA) is 89.3 Å². The number of amides is 1. The van der Waals surface area contributed by atoms with Crippen LogP contribution >= 0.6 is 11.6 Å². The van der Waals surface area contributed by atoms with Gasteiger partial charge in [0.15, 0.2) is 0 Å². The van der Waals surface area contributed by atoms with E-state index in [1.165, 1.54) is 18.2 Å². The molecular formula is C15H15ClN2O3S. The number of aryl methyl sites for hydroxylation is 2. The molecule has 0 saturated carbocycles. The van der Waals surface area contributed by atoms with Crippen LogP contribution in [-0.4, -0.2) is 14.3 Å². The van der Waals surface area contributed by atoms with Crippen molar-refractivity contribution in [1.82, 2.24) is 0 Å². The number of rotatable bonds is 4. The fourth-order valence-corrected chi connectivity index (χ4v) is 3.64. The molecule has 116 valence electrons. The largest absolute Gasteiger partial charge is 0.366 e.